The van der Waals surface area contributed by atoms with Crippen LogP contribution in [0.3, 0.4) is 0 Å². The molecule has 0 bridgehead atoms. The van der Waals surface area contributed by atoms with E-state index in [1.165, 1.54) is 17.5 Å². The lowest BCUT2D eigenvalue weighted by molar-refractivity contribution is 0.594. The molecule has 2 rings (SSSR count). The first-order chi connectivity index (χ1) is 9.57. The molecule has 0 radical (unpaired) electrons. The van der Waals surface area contributed by atoms with Crippen molar-refractivity contribution in [2.45, 2.75) is 11.8 Å². The molecule has 20 heavy (non-hydrogen) atoms. The van der Waals surface area contributed by atoms with Gasteiger partial charge in [-0.05, 0) is 31.2 Å². The van der Waals surface area contributed by atoms with Crippen molar-refractivity contribution in [2.24, 2.45) is 0 Å². The van der Waals surface area contributed by atoms with Crippen LogP contribution in [-0.4, -0.2) is 27.0 Å². The molecule has 1 aromatic carbocycles. The van der Waals surface area contributed by atoms with Crippen LogP contribution < -0.4 is 9.62 Å². The SMILES string of the molecule is CCNc1ccccc1S(=O)(=O)N(C)c1cccnc1. The maximum absolute atomic E-state index is 12.7. The lowest BCUT2D eigenvalue weighted by Crippen LogP contribution is -2.27. The summed E-state index contributed by atoms with van der Waals surface area (Å²) in [6, 6.07) is 10.3. The Morgan fingerprint density at radius 2 is 1.95 bits per heavy atom. The summed E-state index contributed by atoms with van der Waals surface area (Å²) in [5, 5.41) is 3.07. The van der Waals surface area contributed by atoms with E-state index in [-0.39, 0.29) is 4.90 Å². The Kier molecular flexibility index (Phi) is 4.24. The fraction of sp³-hybridized carbons (Fsp3) is 0.214. The van der Waals surface area contributed by atoms with Crippen molar-refractivity contribution in [1.82, 2.24) is 4.98 Å². The second kappa shape index (κ2) is 5.92. The first kappa shape index (κ1) is 14.3. The molecule has 0 aliphatic heterocycles. The number of benzene rings is 1. The molecular weight excluding hydrogens is 274 g/mol. The van der Waals surface area contributed by atoms with Gasteiger partial charge >= 0.3 is 0 Å². The van der Waals surface area contributed by atoms with Gasteiger partial charge in [-0.2, -0.15) is 0 Å². The van der Waals surface area contributed by atoms with Crippen LogP contribution >= 0.6 is 0 Å². The van der Waals surface area contributed by atoms with Gasteiger partial charge in [-0.15, -0.1) is 0 Å². The molecule has 0 unspecified atom stereocenters. The van der Waals surface area contributed by atoms with Gasteiger partial charge in [0.25, 0.3) is 10.0 Å². The van der Waals surface area contributed by atoms with Crippen molar-refractivity contribution in [3.63, 3.8) is 0 Å². The van der Waals surface area contributed by atoms with Crippen LogP contribution in [0.1, 0.15) is 6.92 Å². The highest BCUT2D eigenvalue weighted by Gasteiger charge is 2.24. The quantitative estimate of drug-likeness (QED) is 0.918. The Hall–Kier alpha value is -2.08. The number of hydrogen-bond donors (Lipinski definition) is 1. The summed E-state index contributed by atoms with van der Waals surface area (Å²) in [6.07, 6.45) is 3.13. The van der Waals surface area contributed by atoms with Crippen LogP contribution in [0.25, 0.3) is 0 Å². The average Bonchev–Trinajstić information content (AvgIpc) is 2.48. The van der Waals surface area contributed by atoms with Crippen molar-refractivity contribution >= 4 is 21.4 Å². The molecular formula is C14H17N3O2S. The molecule has 1 heterocycles. The minimum absolute atomic E-state index is 0.258. The molecule has 1 aromatic heterocycles. The molecule has 0 amide bonds. The normalized spacial score (nSPS) is 11.1. The molecule has 0 aliphatic carbocycles. The Balaban J connectivity index is 2.45. The average molecular weight is 291 g/mol. The Bertz CT molecular complexity index is 672. The van der Waals surface area contributed by atoms with Gasteiger partial charge in [0.1, 0.15) is 4.90 Å². The van der Waals surface area contributed by atoms with E-state index in [1.807, 2.05) is 6.92 Å². The van der Waals surface area contributed by atoms with Crippen molar-refractivity contribution in [2.75, 3.05) is 23.2 Å². The van der Waals surface area contributed by atoms with E-state index in [1.54, 1.807) is 42.6 Å². The van der Waals surface area contributed by atoms with Crippen LogP contribution in [0, 0.1) is 0 Å². The lowest BCUT2D eigenvalue weighted by atomic mass is 10.3. The first-order valence-electron chi connectivity index (χ1n) is 6.29. The molecule has 1 N–H and O–H groups in total. The summed E-state index contributed by atoms with van der Waals surface area (Å²) in [5.74, 6) is 0. The van der Waals surface area contributed by atoms with E-state index in [2.05, 4.69) is 10.3 Å². The lowest BCUT2D eigenvalue weighted by Gasteiger charge is -2.21. The molecule has 0 fully saturated rings. The number of hydrogen-bond acceptors (Lipinski definition) is 4. The van der Waals surface area contributed by atoms with Gasteiger partial charge in [-0.25, -0.2) is 8.42 Å². The third-order valence-electron chi connectivity index (χ3n) is 2.90. The molecule has 0 saturated carbocycles. The molecule has 0 atom stereocenters. The molecule has 0 saturated heterocycles. The van der Waals surface area contributed by atoms with Gasteiger partial charge in [-0.1, -0.05) is 12.1 Å². The number of sulfonamides is 1. The largest absolute Gasteiger partial charge is 0.384 e. The Morgan fingerprint density at radius 3 is 2.60 bits per heavy atom. The summed E-state index contributed by atoms with van der Waals surface area (Å²) in [4.78, 5) is 4.21. The number of para-hydroxylation sites is 1. The van der Waals surface area contributed by atoms with E-state index < -0.39 is 10.0 Å². The van der Waals surface area contributed by atoms with Gasteiger partial charge in [0.2, 0.25) is 0 Å². The van der Waals surface area contributed by atoms with E-state index in [0.29, 0.717) is 17.9 Å². The van der Waals surface area contributed by atoms with Gasteiger partial charge in [0, 0.05) is 19.8 Å². The standard InChI is InChI=1S/C14H17N3O2S/c1-3-16-13-8-4-5-9-14(13)20(18,19)17(2)12-7-6-10-15-11-12/h4-11,16H,3H2,1-2H3. The molecule has 106 valence electrons. The summed E-state index contributed by atoms with van der Waals surface area (Å²) in [5.41, 5.74) is 1.13. The number of aromatic nitrogens is 1. The van der Waals surface area contributed by atoms with Crippen LogP contribution in [0.2, 0.25) is 0 Å². The summed E-state index contributed by atoms with van der Waals surface area (Å²) < 4.78 is 26.6. The topological polar surface area (TPSA) is 62.3 Å². The van der Waals surface area contributed by atoms with E-state index >= 15 is 0 Å². The van der Waals surface area contributed by atoms with Gasteiger partial charge in [-0.3, -0.25) is 9.29 Å². The highest BCUT2D eigenvalue weighted by atomic mass is 32.2. The number of nitrogens with zero attached hydrogens (tertiary/aromatic N) is 2. The van der Waals surface area contributed by atoms with Crippen LogP contribution in [0.15, 0.2) is 53.7 Å². The van der Waals surface area contributed by atoms with Gasteiger partial charge < -0.3 is 5.32 Å². The third kappa shape index (κ3) is 2.75. The van der Waals surface area contributed by atoms with E-state index in [0.717, 1.165) is 0 Å². The molecule has 5 nitrogen and oxygen atoms in total. The van der Waals surface area contributed by atoms with E-state index in [9.17, 15) is 8.42 Å². The summed E-state index contributed by atoms with van der Waals surface area (Å²) in [6.45, 7) is 2.58. The first-order valence-corrected chi connectivity index (χ1v) is 7.73. The summed E-state index contributed by atoms with van der Waals surface area (Å²) in [7, 11) is -2.09. The van der Waals surface area contributed by atoms with Crippen LogP contribution in [-0.2, 0) is 10.0 Å². The van der Waals surface area contributed by atoms with Crippen molar-refractivity contribution in [3.8, 4) is 0 Å². The smallest absolute Gasteiger partial charge is 0.266 e. The number of pyridine rings is 1. The maximum atomic E-state index is 12.7. The van der Waals surface area contributed by atoms with Crippen LogP contribution in [0.4, 0.5) is 11.4 Å². The monoisotopic (exact) mass is 291 g/mol. The Labute approximate surface area is 119 Å². The minimum Gasteiger partial charge on any atom is -0.384 e. The highest BCUT2D eigenvalue weighted by Crippen LogP contribution is 2.26. The number of anilines is 2. The second-order valence-corrected chi connectivity index (χ2v) is 6.15. The predicted octanol–water partition coefficient (Wildman–Crippen LogP) is 2.34. The third-order valence-corrected chi connectivity index (χ3v) is 4.75. The molecule has 0 aliphatic rings. The molecule has 2 aromatic rings. The Morgan fingerprint density at radius 1 is 1.20 bits per heavy atom. The number of nitrogens with one attached hydrogen (secondary N) is 1. The summed E-state index contributed by atoms with van der Waals surface area (Å²) >= 11 is 0. The molecule has 6 heteroatoms. The van der Waals surface area contributed by atoms with Gasteiger partial charge in [0.05, 0.1) is 17.6 Å². The highest BCUT2D eigenvalue weighted by molar-refractivity contribution is 7.93. The van der Waals surface area contributed by atoms with Gasteiger partial charge in [0.15, 0.2) is 0 Å². The van der Waals surface area contributed by atoms with Crippen molar-refractivity contribution in [1.29, 1.82) is 0 Å². The fourth-order valence-corrected chi connectivity index (χ4v) is 3.20. The minimum atomic E-state index is -3.61. The van der Waals surface area contributed by atoms with E-state index in [4.69, 9.17) is 0 Å². The number of rotatable bonds is 5. The second-order valence-electron chi connectivity index (χ2n) is 4.21. The predicted molar refractivity (Wildman–Crippen MR) is 80.4 cm³/mol. The zero-order valence-electron chi connectivity index (χ0n) is 11.4. The maximum Gasteiger partial charge on any atom is 0.266 e. The van der Waals surface area contributed by atoms with Crippen molar-refractivity contribution in [3.05, 3.63) is 48.8 Å². The van der Waals surface area contributed by atoms with Crippen LogP contribution in [0.5, 0.6) is 0 Å². The molecule has 0 spiro atoms. The zero-order chi connectivity index (χ0) is 14.6. The fourth-order valence-electron chi connectivity index (χ4n) is 1.85. The van der Waals surface area contributed by atoms with Crippen molar-refractivity contribution < 1.29 is 8.42 Å². The zero-order valence-corrected chi connectivity index (χ0v) is 12.3.